The van der Waals surface area contributed by atoms with E-state index in [9.17, 15) is 0 Å². The monoisotopic (exact) mass is 392 g/mol. The summed E-state index contributed by atoms with van der Waals surface area (Å²) in [6, 6.07) is 10.5. The van der Waals surface area contributed by atoms with Crippen LogP contribution in [-0.2, 0) is 19.6 Å². The topological polar surface area (TPSA) is 85.0 Å². The van der Waals surface area contributed by atoms with Crippen LogP contribution in [0.5, 0.6) is 0 Å². The molecule has 4 rings (SSSR count). The number of nitrogens with zero attached hydrogens (tertiary/aromatic N) is 6. The first-order valence-electron chi connectivity index (χ1n) is 10.2. The van der Waals surface area contributed by atoms with Crippen LogP contribution >= 0.6 is 0 Å². The highest BCUT2D eigenvalue weighted by molar-refractivity contribution is 5.80. The molecular formula is C21H28N8. The van der Waals surface area contributed by atoms with Crippen LogP contribution in [0.4, 0.5) is 0 Å². The number of hydrogen-bond donors (Lipinski definition) is 2. The van der Waals surface area contributed by atoms with Gasteiger partial charge >= 0.3 is 0 Å². The Labute approximate surface area is 171 Å². The summed E-state index contributed by atoms with van der Waals surface area (Å²) < 4.78 is 4.15. The summed E-state index contributed by atoms with van der Waals surface area (Å²) in [5, 5.41) is 11.4. The van der Waals surface area contributed by atoms with E-state index < -0.39 is 0 Å². The molecule has 8 heteroatoms. The Morgan fingerprint density at radius 1 is 1.28 bits per heavy atom. The number of imidazole rings is 1. The third-order valence-corrected chi connectivity index (χ3v) is 5.01. The summed E-state index contributed by atoms with van der Waals surface area (Å²) in [5.41, 5.74) is 1.25. The van der Waals surface area contributed by atoms with Crippen molar-refractivity contribution in [2.75, 3.05) is 6.54 Å². The highest BCUT2D eigenvalue weighted by atomic mass is 15.4. The molecular weight excluding hydrogens is 364 g/mol. The van der Waals surface area contributed by atoms with Crippen molar-refractivity contribution < 1.29 is 0 Å². The van der Waals surface area contributed by atoms with E-state index in [1.807, 2.05) is 30.1 Å². The zero-order chi connectivity index (χ0) is 20.1. The molecule has 1 aliphatic rings. The van der Waals surface area contributed by atoms with Crippen LogP contribution < -0.4 is 10.6 Å². The van der Waals surface area contributed by atoms with Gasteiger partial charge in [0.05, 0.1) is 6.04 Å². The zero-order valence-electron chi connectivity index (χ0n) is 17.0. The number of aliphatic imine (C=N–C) groups is 1. The highest BCUT2D eigenvalue weighted by Crippen LogP contribution is 2.22. The first-order chi connectivity index (χ1) is 14.2. The molecule has 1 aromatic carbocycles. The van der Waals surface area contributed by atoms with Gasteiger partial charge in [-0.2, -0.15) is 5.10 Å². The quantitative estimate of drug-likeness (QED) is 0.497. The maximum Gasteiger partial charge on any atom is 0.192 e. The van der Waals surface area contributed by atoms with E-state index in [1.54, 1.807) is 0 Å². The molecule has 3 aromatic rings. The first kappa shape index (κ1) is 19.2. The van der Waals surface area contributed by atoms with Gasteiger partial charge in [0.15, 0.2) is 5.96 Å². The number of fused-ring (bicyclic) bond motifs is 1. The lowest BCUT2D eigenvalue weighted by molar-refractivity contribution is 0.397. The van der Waals surface area contributed by atoms with Crippen molar-refractivity contribution in [2.24, 2.45) is 4.99 Å². The van der Waals surface area contributed by atoms with Gasteiger partial charge in [-0.15, -0.1) is 0 Å². The maximum absolute atomic E-state index is 4.79. The fraction of sp³-hybridized carbons (Fsp3) is 0.429. The van der Waals surface area contributed by atoms with Crippen molar-refractivity contribution in [1.82, 2.24) is 34.9 Å². The van der Waals surface area contributed by atoms with Crippen LogP contribution in [0.1, 0.15) is 48.8 Å². The summed E-state index contributed by atoms with van der Waals surface area (Å²) in [6.07, 6.45) is 5.94. The van der Waals surface area contributed by atoms with Gasteiger partial charge in [-0.05, 0) is 32.3 Å². The van der Waals surface area contributed by atoms with E-state index in [-0.39, 0.29) is 6.04 Å². The van der Waals surface area contributed by atoms with Gasteiger partial charge in [-0.3, -0.25) is 0 Å². The molecule has 1 aliphatic heterocycles. The predicted molar refractivity (Wildman–Crippen MR) is 112 cm³/mol. The summed E-state index contributed by atoms with van der Waals surface area (Å²) in [4.78, 5) is 13.9. The van der Waals surface area contributed by atoms with E-state index >= 15 is 0 Å². The summed E-state index contributed by atoms with van der Waals surface area (Å²) in [5.74, 6) is 3.53. The number of benzene rings is 1. The molecule has 2 N–H and O–H groups in total. The minimum atomic E-state index is 0.117. The molecule has 1 atom stereocenters. The van der Waals surface area contributed by atoms with Crippen molar-refractivity contribution >= 4 is 5.96 Å². The van der Waals surface area contributed by atoms with Crippen LogP contribution in [0.3, 0.4) is 0 Å². The minimum absolute atomic E-state index is 0.117. The third-order valence-electron chi connectivity index (χ3n) is 5.01. The lowest BCUT2D eigenvalue weighted by Crippen LogP contribution is -2.41. The minimum Gasteiger partial charge on any atom is -0.357 e. The van der Waals surface area contributed by atoms with E-state index in [2.05, 4.69) is 61.5 Å². The number of hydrogen-bond acceptors (Lipinski definition) is 4. The van der Waals surface area contributed by atoms with Crippen LogP contribution in [0.25, 0.3) is 0 Å². The van der Waals surface area contributed by atoms with Crippen molar-refractivity contribution in [3.8, 4) is 0 Å². The van der Waals surface area contributed by atoms with Gasteiger partial charge in [-0.1, -0.05) is 30.3 Å². The lowest BCUT2D eigenvalue weighted by Gasteiger charge is -2.25. The molecule has 0 saturated heterocycles. The largest absolute Gasteiger partial charge is 0.357 e. The third kappa shape index (κ3) is 4.64. The molecule has 2 aromatic heterocycles. The molecule has 0 fully saturated rings. The van der Waals surface area contributed by atoms with Crippen molar-refractivity contribution in [1.29, 1.82) is 0 Å². The summed E-state index contributed by atoms with van der Waals surface area (Å²) in [7, 11) is 0. The molecule has 0 radical (unpaired) electrons. The molecule has 0 aliphatic carbocycles. The molecule has 8 nitrogen and oxygen atoms in total. The van der Waals surface area contributed by atoms with Gasteiger partial charge in [-0.25, -0.2) is 19.6 Å². The summed E-state index contributed by atoms with van der Waals surface area (Å²) >= 11 is 0. The molecule has 1 unspecified atom stereocenters. The van der Waals surface area contributed by atoms with Gasteiger partial charge in [0.2, 0.25) is 0 Å². The maximum atomic E-state index is 4.79. The van der Waals surface area contributed by atoms with Crippen molar-refractivity contribution in [2.45, 2.75) is 52.4 Å². The molecule has 0 spiro atoms. The molecule has 0 bridgehead atoms. The fourth-order valence-corrected chi connectivity index (χ4v) is 3.66. The molecule has 3 heterocycles. The van der Waals surface area contributed by atoms with Crippen LogP contribution in [-0.4, -0.2) is 36.8 Å². The molecule has 29 heavy (non-hydrogen) atoms. The molecule has 0 amide bonds. The average molecular weight is 393 g/mol. The fourth-order valence-electron chi connectivity index (χ4n) is 3.66. The Morgan fingerprint density at radius 2 is 2.14 bits per heavy atom. The van der Waals surface area contributed by atoms with Gasteiger partial charge in [0, 0.05) is 32.0 Å². The van der Waals surface area contributed by atoms with Gasteiger partial charge < -0.3 is 15.2 Å². The molecule has 0 saturated carbocycles. The lowest BCUT2D eigenvalue weighted by atomic mass is 10.1. The second-order valence-corrected chi connectivity index (χ2v) is 7.23. The summed E-state index contributed by atoms with van der Waals surface area (Å²) in [6.45, 7) is 7.03. The number of guanidine groups is 1. The second-order valence-electron chi connectivity index (χ2n) is 7.23. The molecule has 152 valence electrons. The van der Waals surface area contributed by atoms with Crippen LogP contribution in [0.2, 0.25) is 0 Å². The van der Waals surface area contributed by atoms with Crippen molar-refractivity contribution in [3.05, 3.63) is 65.8 Å². The SMILES string of the molecule is CCNC(=NCc1nccn1Cc1ccccc1)NC1CCCn2nc(C)nc21. The number of aromatic nitrogens is 5. The Kier molecular flexibility index (Phi) is 5.88. The Morgan fingerprint density at radius 3 is 2.97 bits per heavy atom. The number of rotatable bonds is 6. The van der Waals surface area contributed by atoms with Crippen LogP contribution in [0, 0.1) is 6.92 Å². The number of aryl methyl sites for hydroxylation is 2. The van der Waals surface area contributed by atoms with Crippen molar-refractivity contribution in [3.63, 3.8) is 0 Å². The first-order valence-corrected chi connectivity index (χ1v) is 10.2. The van der Waals surface area contributed by atoms with E-state index in [0.29, 0.717) is 6.54 Å². The standard InChI is InChI=1S/C21H28N8/c1-3-22-21(26-18-10-7-12-29-20(18)25-16(2)27-29)24-14-19-23-11-13-28(19)15-17-8-5-4-6-9-17/h4-6,8-9,11,13,18H,3,7,10,12,14-15H2,1-2H3,(H2,22,24,26). The van der Waals surface area contributed by atoms with E-state index in [4.69, 9.17) is 4.99 Å². The van der Waals surface area contributed by atoms with Gasteiger partial charge in [0.25, 0.3) is 0 Å². The van der Waals surface area contributed by atoms with Crippen LogP contribution in [0.15, 0.2) is 47.7 Å². The predicted octanol–water partition coefficient (Wildman–Crippen LogP) is 2.42. The Bertz CT molecular complexity index is 956. The van der Waals surface area contributed by atoms with Gasteiger partial charge in [0.1, 0.15) is 24.0 Å². The highest BCUT2D eigenvalue weighted by Gasteiger charge is 2.24. The Balaban J connectivity index is 1.47. The average Bonchev–Trinajstić information content (AvgIpc) is 3.33. The zero-order valence-corrected chi connectivity index (χ0v) is 17.0. The van der Waals surface area contributed by atoms with E-state index in [0.717, 1.165) is 55.9 Å². The number of nitrogens with one attached hydrogen (secondary N) is 2. The Hall–Kier alpha value is -3.16. The van der Waals surface area contributed by atoms with E-state index in [1.165, 1.54) is 5.56 Å². The second kappa shape index (κ2) is 8.89. The smallest absolute Gasteiger partial charge is 0.192 e. The normalized spacial score (nSPS) is 16.5.